The topological polar surface area (TPSA) is 63.7 Å². The molecule has 3 atom stereocenters. The molecule has 1 saturated heterocycles. The van der Waals surface area contributed by atoms with Gasteiger partial charge >= 0.3 is 0 Å². The summed E-state index contributed by atoms with van der Waals surface area (Å²) in [6, 6.07) is 4.99. The molecule has 0 saturated carbocycles. The van der Waals surface area contributed by atoms with E-state index in [0.29, 0.717) is 13.1 Å². The zero-order valence-electron chi connectivity index (χ0n) is 14.4. The van der Waals surface area contributed by atoms with Crippen LogP contribution in [0.5, 0.6) is 0 Å². The van der Waals surface area contributed by atoms with Gasteiger partial charge in [-0.15, -0.1) is 0 Å². The van der Waals surface area contributed by atoms with Gasteiger partial charge < -0.3 is 9.64 Å². The fourth-order valence-corrected chi connectivity index (χ4v) is 4.26. The second-order valence-electron chi connectivity index (χ2n) is 6.43. The van der Waals surface area contributed by atoms with E-state index < -0.39 is 15.1 Å². The molecule has 0 bridgehead atoms. The van der Waals surface area contributed by atoms with Crippen molar-refractivity contribution in [3.63, 3.8) is 0 Å². The molecule has 1 aromatic carbocycles. The summed E-state index contributed by atoms with van der Waals surface area (Å²) in [5.41, 5.74) is 1.93. The Morgan fingerprint density at radius 3 is 2.26 bits per heavy atom. The summed E-state index contributed by atoms with van der Waals surface area (Å²) in [5, 5.41) is -1.10. The van der Waals surface area contributed by atoms with E-state index in [0.717, 1.165) is 11.1 Å². The second kappa shape index (κ2) is 6.61. The predicted molar refractivity (Wildman–Crippen MR) is 89.2 cm³/mol. The standard InChI is InChI=1S/C17H25NO4S/c1-11-6-7-16(8-12(11)2)23(20,21)15(5)17(19)18-9-13(3)22-14(4)10-18/h6-8,13-15H,9-10H2,1-5H3/t13-,14-,15-/m1/s1. The molecule has 2 rings (SSSR count). The molecule has 1 fully saturated rings. The number of sulfone groups is 1. The zero-order chi connectivity index (χ0) is 17.4. The Morgan fingerprint density at radius 2 is 1.74 bits per heavy atom. The van der Waals surface area contributed by atoms with Gasteiger partial charge in [-0.2, -0.15) is 0 Å². The summed E-state index contributed by atoms with van der Waals surface area (Å²) >= 11 is 0. The number of ether oxygens (including phenoxy) is 1. The summed E-state index contributed by atoms with van der Waals surface area (Å²) in [6.07, 6.45) is -0.168. The maximum atomic E-state index is 12.8. The van der Waals surface area contributed by atoms with Gasteiger partial charge in [0.15, 0.2) is 9.84 Å². The lowest BCUT2D eigenvalue weighted by Gasteiger charge is -2.36. The first kappa shape index (κ1) is 17.9. The maximum Gasteiger partial charge on any atom is 0.241 e. The first-order valence-electron chi connectivity index (χ1n) is 7.88. The molecular weight excluding hydrogens is 314 g/mol. The highest BCUT2D eigenvalue weighted by Gasteiger charge is 2.36. The minimum Gasteiger partial charge on any atom is -0.372 e. The fourth-order valence-electron chi connectivity index (χ4n) is 2.84. The molecule has 128 valence electrons. The van der Waals surface area contributed by atoms with Crippen LogP contribution in [0.2, 0.25) is 0 Å². The van der Waals surface area contributed by atoms with Crippen molar-refractivity contribution < 1.29 is 17.9 Å². The Morgan fingerprint density at radius 1 is 1.17 bits per heavy atom. The van der Waals surface area contributed by atoms with Crippen molar-refractivity contribution in [1.82, 2.24) is 4.90 Å². The molecule has 0 aliphatic carbocycles. The number of amides is 1. The van der Waals surface area contributed by atoms with Crippen LogP contribution < -0.4 is 0 Å². The molecule has 23 heavy (non-hydrogen) atoms. The molecule has 0 unspecified atom stereocenters. The number of morpholine rings is 1. The number of hydrogen-bond donors (Lipinski definition) is 0. The Hall–Kier alpha value is -1.40. The van der Waals surface area contributed by atoms with Crippen LogP contribution in [-0.2, 0) is 19.4 Å². The molecule has 0 aromatic heterocycles. The first-order valence-corrected chi connectivity index (χ1v) is 9.43. The molecule has 1 aliphatic heterocycles. The quantitative estimate of drug-likeness (QED) is 0.846. The van der Waals surface area contributed by atoms with Crippen molar-refractivity contribution in [2.24, 2.45) is 0 Å². The fraction of sp³-hybridized carbons (Fsp3) is 0.588. The van der Waals surface area contributed by atoms with Gasteiger partial charge in [0, 0.05) is 13.1 Å². The second-order valence-corrected chi connectivity index (χ2v) is 8.70. The Labute approximate surface area is 138 Å². The smallest absolute Gasteiger partial charge is 0.241 e. The van der Waals surface area contributed by atoms with E-state index in [1.165, 1.54) is 6.92 Å². The molecule has 5 nitrogen and oxygen atoms in total. The summed E-state index contributed by atoms with van der Waals surface area (Å²) in [7, 11) is -3.69. The highest BCUT2D eigenvalue weighted by molar-refractivity contribution is 7.92. The summed E-state index contributed by atoms with van der Waals surface area (Å²) in [6.45, 7) is 9.89. The van der Waals surface area contributed by atoms with Crippen LogP contribution >= 0.6 is 0 Å². The molecule has 1 heterocycles. The van der Waals surface area contributed by atoms with Gasteiger partial charge in [0.1, 0.15) is 5.25 Å². The van der Waals surface area contributed by atoms with Crippen molar-refractivity contribution in [2.45, 2.75) is 57.0 Å². The number of carbonyl (C=O) groups excluding carboxylic acids is 1. The van der Waals surface area contributed by atoms with E-state index in [2.05, 4.69) is 0 Å². The molecule has 1 aromatic rings. The molecule has 0 spiro atoms. The molecule has 1 amide bonds. The Bertz CT molecular complexity index is 689. The van der Waals surface area contributed by atoms with Crippen LogP contribution in [0, 0.1) is 13.8 Å². The number of aryl methyl sites for hydroxylation is 2. The van der Waals surface area contributed by atoms with Gasteiger partial charge in [-0.3, -0.25) is 4.79 Å². The lowest BCUT2D eigenvalue weighted by atomic mass is 10.1. The highest BCUT2D eigenvalue weighted by atomic mass is 32.2. The van der Waals surface area contributed by atoms with E-state index in [1.807, 2.05) is 27.7 Å². The predicted octanol–water partition coefficient (Wildman–Crippen LogP) is 2.10. The van der Waals surface area contributed by atoms with Crippen molar-refractivity contribution in [1.29, 1.82) is 0 Å². The highest BCUT2D eigenvalue weighted by Crippen LogP contribution is 2.22. The molecule has 6 heteroatoms. The number of hydrogen-bond acceptors (Lipinski definition) is 4. The normalized spacial score (nSPS) is 23.6. The van der Waals surface area contributed by atoms with Crippen molar-refractivity contribution in [3.8, 4) is 0 Å². The van der Waals surface area contributed by atoms with Gasteiger partial charge in [-0.05, 0) is 57.9 Å². The maximum absolute atomic E-state index is 12.8. The zero-order valence-corrected chi connectivity index (χ0v) is 15.2. The first-order chi connectivity index (χ1) is 10.6. The molecule has 0 N–H and O–H groups in total. The lowest BCUT2D eigenvalue weighted by Crippen LogP contribution is -2.52. The van der Waals surface area contributed by atoms with Gasteiger partial charge in [0.25, 0.3) is 0 Å². The van der Waals surface area contributed by atoms with Gasteiger partial charge in [-0.25, -0.2) is 8.42 Å². The SMILES string of the molecule is Cc1ccc(S(=O)(=O)[C@H](C)C(=O)N2C[C@@H](C)O[C@H](C)C2)cc1C. The molecule has 1 aliphatic rings. The lowest BCUT2D eigenvalue weighted by molar-refractivity contribution is -0.142. The van der Waals surface area contributed by atoms with Crippen LogP contribution in [0.4, 0.5) is 0 Å². The van der Waals surface area contributed by atoms with E-state index in [-0.39, 0.29) is 23.0 Å². The van der Waals surface area contributed by atoms with Gasteiger partial charge in [-0.1, -0.05) is 6.07 Å². The van der Waals surface area contributed by atoms with E-state index in [4.69, 9.17) is 4.74 Å². The molecular formula is C17H25NO4S. The van der Waals surface area contributed by atoms with Crippen molar-refractivity contribution in [2.75, 3.05) is 13.1 Å². The van der Waals surface area contributed by atoms with Crippen LogP contribution in [-0.4, -0.2) is 49.8 Å². The summed E-state index contributed by atoms with van der Waals surface area (Å²) in [5.74, 6) is -0.356. The van der Waals surface area contributed by atoms with Crippen LogP contribution in [0.25, 0.3) is 0 Å². The third kappa shape index (κ3) is 3.75. The largest absolute Gasteiger partial charge is 0.372 e. The van der Waals surface area contributed by atoms with Crippen LogP contribution in [0.1, 0.15) is 31.9 Å². The average molecular weight is 339 g/mol. The third-order valence-electron chi connectivity index (χ3n) is 4.35. The average Bonchev–Trinajstić information content (AvgIpc) is 2.47. The third-order valence-corrected chi connectivity index (χ3v) is 6.39. The number of carbonyl (C=O) groups is 1. The van der Waals surface area contributed by atoms with E-state index in [9.17, 15) is 13.2 Å². The minimum absolute atomic E-state index is 0.0841. The number of nitrogens with zero attached hydrogens (tertiary/aromatic N) is 1. The van der Waals surface area contributed by atoms with E-state index in [1.54, 1.807) is 23.1 Å². The number of benzene rings is 1. The van der Waals surface area contributed by atoms with E-state index >= 15 is 0 Å². The molecule has 0 radical (unpaired) electrons. The Kier molecular flexibility index (Phi) is 5.16. The van der Waals surface area contributed by atoms with Gasteiger partial charge in [0.2, 0.25) is 5.91 Å². The number of rotatable bonds is 3. The van der Waals surface area contributed by atoms with Crippen molar-refractivity contribution >= 4 is 15.7 Å². The van der Waals surface area contributed by atoms with Gasteiger partial charge in [0.05, 0.1) is 17.1 Å². The Balaban J connectivity index is 2.25. The summed E-state index contributed by atoms with van der Waals surface area (Å²) < 4.78 is 31.1. The van der Waals surface area contributed by atoms with Crippen molar-refractivity contribution in [3.05, 3.63) is 29.3 Å². The monoisotopic (exact) mass is 339 g/mol. The van der Waals surface area contributed by atoms with Crippen LogP contribution in [0.3, 0.4) is 0 Å². The van der Waals surface area contributed by atoms with Crippen LogP contribution in [0.15, 0.2) is 23.1 Å². The summed E-state index contributed by atoms with van der Waals surface area (Å²) in [4.78, 5) is 14.5. The minimum atomic E-state index is -3.69.